The van der Waals surface area contributed by atoms with Gasteiger partial charge in [0.25, 0.3) is 0 Å². The molecule has 1 unspecified atom stereocenters. The fraction of sp³-hybridized carbons (Fsp3) is 0.750. The van der Waals surface area contributed by atoms with E-state index in [2.05, 4.69) is 11.1 Å². The van der Waals surface area contributed by atoms with Crippen LogP contribution in [0.25, 0.3) is 0 Å². The monoisotopic (exact) mass is 208 g/mol. The first-order chi connectivity index (χ1) is 6.18. The zero-order chi connectivity index (χ0) is 10.2. The van der Waals surface area contributed by atoms with E-state index < -0.39 is 7.82 Å². The topological polar surface area (TPSA) is 44.8 Å². The Bertz CT molecular complexity index is 181. The van der Waals surface area contributed by atoms with Crippen molar-refractivity contribution in [3.05, 3.63) is 12.7 Å². The molecule has 13 heavy (non-hydrogen) atoms. The van der Waals surface area contributed by atoms with Crippen LogP contribution in [0, 0.1) is 0 Å². The number of rotatable bonds is 8. The number of phosphoric acid groups is 1. The van der Waals surface area contributed by atoms with Gasteiger partial charge in [-0.25, -0.2) is 4.57 Å². The molecule has 1 atom stereocenters. The quantitative estimate of drug-likeness (QED) is 0.349. The Hall–Kier alpha value is -0.150. The Balaban J connectivity index is 3.81. The highest BCUT2D eigenvalue weighted by Crippen LogP contribution is 2.48. The number of hydrogen-bond donors (Lipinski definition) is 0. The van der Waals surface area contributed by atoms with Gasteiger partial charge in [0, 0.05) is 7.11 Å². The van der Waals surface area contributed by atoms with Crippen LogP contribution in [-0.2, 0) is 18.1 Å². The minimum absolute atomic E-state index is 0.304. The maximum atomic E-state index is 11.5. The van der Waals surface area contributed by atoms with Crippen LogP contribution < -0.4 is 0 Å². The normalized spacial score (nSPS) is 15.2. The first-order valence-electron chi connectivity index (χ1n) is 4.24. The summed E-state index contributed by atoms with van der Waals surface area (Å²) in [7, 11) is -1.98. The molecular weight excluding hydrogens is 191 g/mol. The molecule has 0 aliphatic carbocycles. The van der Waals surface area contributed by atoms with E-state index in [1.165, 1.54) is 7.11 Å². The summed E-state index contributed by atoms with van der Waals surface area (Å²) >= 11 is 0. The van der Waals surface area contributed by atoms with E-state index in [4.69, 9.17) is 9.05 Å². The summed E-state index contributed by atoms with van der Waals surface area (Å²) in [6.45, 7) is 6.12. The molecule has 0 fully saturated rings. The van der Waals surface area contributed by atoms with Crippen LogP contribution in [0.15, 0.2) is 12.7 Å². The first kappa shape index (κ1) is 12.8. The molecule has 5 heteroatoms. The second-order valence-corrected chi connectivity index (χ2v) is 4.15. The van der Waals surface area contributed by atoms with Crippen LogP contribution in [0.2, 0.25) is 0 Å². The highest BCUT2D eigenvalue weighted by Gasteiger charge is 2.23. The minimum atomic E-state index is -3.29. The molecule has 0 radical (unpaired) electrons. The van der Waals surface area contributed by atoms with Crippen molar-refractivity contribution < 1.29 is 18.1 Å². The highest BCUT2D eigenvalue weighted by atomic mass is 31.2. The Labute approximate surface area is 79.5 Å². The zero-order valence-corrected chi connectivity index (χ0v) is 9.09. The van der Waals surface area contributed by atoms with E-state index in [9.17, 15) is 4.57 Å². The lowest BCUT2D eigenvalue weighted by Gasteiger charge is -2.14. The fourth-order valence-electron chi connectivity index (χ4n) is 0.594. The summed E-state index contributed by atoms with van der Waals surface area (Å²) in [5, 5.41) is 0. The second-order valence-electron chi connectivity index (χ2n) is 2.37. The lowest BCUT2D eigenvalue weighted by molar-refractivity contribution is 0.133. The predicted octanol–water partition coefficient (Wildman–Crippen LogP) is 2.76. The number of hydrogen-bond acceptors (Lipinski definition) is 4. The van der Waals surface area contributed by atoms with Gasteiger partial charge in [0.15, 0.2) is 0 Å². The van der Waals surface area contributed by atoms with Gasteiger partial charge in [-0.05, 0) is 12.8 Å². The summed E-state index contributed by atoms with van der Waals surface area (Å²) in [5.74, 6) is 0. The van der Waals surface area contributed by atoms with Crippen LogP contribution in [0.1, 0.15) is 19.8 Å². The minimum Gasteiger partial charge on any atom is -0.290 e. The van der Waals surface area contributed by atoms with Crippen molar-refractivity contribution in [2.24, 2.45) is 0 Å². The largest absolute Gasteiger partial charge is 0.474 e. The molecule has 0 aromatic heterocycles. The van der Waals surface area contributed by atoms with E-state index in [1.54, 1.807) is 6.08 Å². The summed E-state index contributed by atoms with van der Waals surface area (Å²) in [5.41, 5.74) is 0. The van der Waals surface area contributed by atoms with E-state index in [0.717, 1.165) is 6.42 Å². The third kappa shape index (κ3) is 5.99. The van der Waals surface area contributed by atoms with Gasteiger partial charge >= 0.3 is 7.82 Å². The molecule has 0 aromatic carbocycles. The molecule has 0 N–H and O–H groups in total. The van der Waals surface area contributed by atoms with Crippen molar-refractivity contribution in [2.45, 2.75) is 19.8 Å². The molecule has 0 amide bonds. The van der Waals surface area contributed by atoms with Gasteiger partial charge in [0.05, 0.1) is 13.2 Å². The predicted molar refractivity (Wildman–Crippen MR) is 51.6 cm³/mol. The molecule has 0 spiro atoms. The fourth-order valence-corrected chi connectivity index (χ4v) is 1.61. The Kier molecular flexibility index (Phi) is 7.19. The molecule has 0 aromatic rings. The second kappa shape index (κ2) is 7.27. The third-order valence-electron chi connectivity index (χ3n) is 1.25. The van der Waals surface area contributed by atoms with Gasteiger partial charge in [-0.2, -0.15) is 0 Å². The summed E-state index contributed by atoms with van der Waals surface area (Å²) in [6.07, 6.45) is 3.08. The Morgan fingerprint density at radius 3 is 2.46 bits per heavy atom. The smallest absolute Gasteiger partial charge is 0.290 e. The average Bonchev–Trinajstić information content (AvgIpc) is 2.15. The molecule has 0 rings (SSSR count). The van der Waals surface area contributed by atoms with E-state index in [0.29, 0.717) is 19.6 Å². The first-order valence-corrected chi connectivity index (χ1v) is 5.70. The highest BCUT2D eigenvalue weighted by molar-refractivity contribution is 7.48. The molecular formula is C8H17O4P. The van der Waals surface area contributed by atoms with Crippen molar-refractivity contribution in [3.8, 4) is 0 Å². The lowest BCUT2D eigenvalue weighted by Crippen LogP contribution is -1.99. The van der Waals surface area contributed by atoms with Crippen molar-refractivity contribution in [1.82, 2.24) is 0 Å². The van der Waals surface area contributed by atoms with Gasteiger partial charge in [-0.15, -0.1) is 6.58 Å². The third-order valence-corrected chi connectivity index (χ3v) is 2.69. The summed E-state index contributed by atoms with van der Waals surface area (Å²) < 4.78 is 26.1. The zero-order valence-electron chi connectivity index (χ0n) is 8.19. The van der Waals surface area contributed by atoms with Gasteiger partial charge in [-0.1, -0.05) is 13.0 Å². The maximum Gasteiger partial charge on any atom is 0.474 e. The standard InChI is InChI=1S/C8H17O4P/c1-4-6-8-12-13(9,10-3)11-7-5-2/h4H,1,5-8H2,2-3H3. The van der Waals surface area contributed by atoms with E-state index >= 15 is 0 Å². The molecule has 0 bridgehead atoms. The van der Waals surface area contributed by atoms with Crippen LogP contribution in [0.5, 0.6) is 0 Å². The maximum absolute atomic E-state index is 11.5. The Morgan fingerprint density at radius 2 is 2.00 bits per heavy atom. The molecule has 0 saturated carbocycles. The summed E-state index contributed by atoms with van der Waals surface area (Å²) in [6, 6.07) is 0. The Morgan fingerprint density at radius 1 is 1.38 bits per heavy atom. The lowest BCUT2D eigenvalue weighted by atomic mass is 10.5. The SMILES string of the molecule is C=CCCOP(=O)(OC)OCCC. The average molecular weight is 208 g/mol. The van der Waals surface area contributed by atoms with E-state index in [1.807, 2.05) is 6.92 Å². The molecule has 4 nitrogen and oxygen atoms in total. The van der Waals surface area contributed by atoms with Crippen LogP contribution in [0.3, 0.4) is 0 Å². The number of phosphoric ester groups is 1. The van der Waals surface area contributed by atoms with Gasteiger partial charge in [-0.3, -0.25) is 13.6 Å². The molecule has 0 heterocycles. The van der Waals surface area contributed by atoms with Crippen molar-refractivity contribution >= 4 is 7.82 Å². The van der Waals surface area contributed by atoms with Crippen molar-refractivity contribution in [3.63, 3.8) is 0 Å². The molecule has 0 saturated heterocycles. The van der Waals surface area contributed by atoms with Gasteiger partial charge < -0.3 is 0 Å². The van der Waals surface area contributed by atoms with Crippen LogP contribution >= 0.6 is 7.82 Å². The van der Waals surface area contributed by atoms with Crippen LogP contribution in [0.4, 0.5) is 0 Å². The summed E-state index contributed by atoms with van der Waals surface area (Å²) in [4.78, 5) is 0. The molecule has 0 aliphatic rings. The van der Waals surface area contributed by atoms with Crippen molar-refractivity contribution in [1.29, 1.82) is 0 Å². The van der Waals surface area contributed by atoms with Crippen LogP contribution in [-0.4, -0.2) is 20.3 Å². The molecule has 0 aliphatic heterocycles. The van der Waals surface area contributed by atoms with Crippen molar-refractivity contribution in [2.75, 3.05) is 20.3 Å². The van der Waals surface area contributed by atoms with Gasteiger partial charge in [0.1, 0.15) is 0 Å². The van der Waals surface area contributed by atoms with Gasteiger partial charge in [0.2, 0.25) is 0 Å². The molecule has 78 valence electrons. The van der Waals surface area contributed by atoms with E-state index in [-0.39, 0.29) is 0 Å².